The smallest absolute Gasteiger partial charge is 0.264 e. The Bertz CT molecular complexity index is 1180. The lowest BCUT2D eigenvalue weighted by Crippen LogP contribution is -2.26. The van der Waals surface area contributed by atoms with Gasteiger partial charge < -0.3 is 4.74 Å². The van der Waals surface area contributed by atoms with Gasteiger partial charge in [0.1, 0.15) is 10.8 Å². The molecule has 0 aliphatic rings. The zero-order valence-electron chi connectivity index (χ0n) is 17.9. The average Bonchev–Trinajstić information content (AvgIpc) is 3.22. The van der Waals surface area contributed by atoms with Crippen molar-refractivity contribution in [2.24, 2.45) is 0 Å². The fraction of sp³-hybridized carbons (Fsp3) is 0.286. The predicted molar refractivity (Wildman–Crippen MR) is 122 cm³/mol. The van der Waals surface area contributed by atoms with Gasteiger partial charge in [0.25, 0.3) is 15.9 Å². The summed E-state index contributed by atoms with van der Waals surface area (Å²) in [6, 6.07) is 12.5. The highest BCUT2D eigenvalue weighted by atomic mass is 32.2. The van der Waals surface area contributed by atoms with Crippen LogP contribution in [0.15, 0.2) is 53.4 Å². The van der Waals surface area contributed by atoms with Crippen LogP contribution in [0.1, 0.15) is 36.1 Å². The zero-order chi connectivity index (χ0) is 22.8. The van der Waals surface area contributed by atoms with Crippen LogP contribution in [0.4, 0.5) is 10.8 Å². The van der Waals surface area contributed by atoms with Crippen molar-refractivity contribution in [1.82, 2.24) is 10.2 Å². The quantitative estimate of drug-likeness (QED) is 0.598. The van der Waals surface area contributed by atoms with Crippen LogP contribution >= 0.6 is 11.3 Å². The number of nitrogens with one attached hydrogen (secondary N) is 1. The first-order chi connectivity index (χ1) is 14.5. The number of rotatable bonds is 6. The molecule has 31 heavy (non-hydrogen) atoms. The summed E-state index contributed by atoms with van der Waals surface area (Å²) in [6.45, 7) is 6.02. The van der Waals surface area contributed by atoms with Crippen LogP contribution in [0.3, 0.4) is 0 Å². The van der Waals surface area contributed by atoms with Gasteiger partial charge in [0, 0.05) is 18.0 Å². The number of amides is 1. The van der Waals surface area contributed by atoms with Crippen LogP contribution < -0.4 is 14.4 Å². The summed E-state index contributed by atoms with van der Waals surface area (Å²) in [7, 11) is -0.872. The topological polar surface area (TPSA) is 101 Å². The fourth-order valence-corrected chi connectivity index (χ4v) is 4.67. The molecule has 0 aliphatic heterocycles. The Balaban J connectivity index is 1.82. The molecule has 1 aromatic heterocycles. The zero-order valence-corrected chi connectivity index (χ0v) is 19.5. The maximum Gasteiger partial charge on any atom is 0.264 e. The van der Waals surface area contributed by atoms with E-state index in [1.807, 2.05) is 20.8 Å². The minimum Gasteiger partial charge on any atom is -0.497 e. The van der Waals surface area contributed by atoms with Crippen molar-refractivity contribution in [2.75, 3.05) is 23.8 Å². The number of carbonyl (C=O) groups excluding carboxylic acids is 1. The van der Waals surface area contributed by atoms with Gasteiger partial charge in [-0.3, -0.25) is 14.4 Å². The summed E-state index contributed by atoms with van der Waals surface area (Å²) >= 11 is 1.29. The van der Waals surface area contributed by atoms with Crippen molar-refractivity contribution in [3.8, 4) is 5.75 Å². The Morgan fingerprint density at radius 1 is 1.10 bits per heavy atom. The van der Waals surface area contributed by atoms with Gasteiger partial charge in [-0.1, -0.05) is 38.2 Å². The van der Waals surface area contributed by atoms with Crippen molar-refractivity contribution in [1.29, 1.82) is 0 Å². The summed E-state index contributed by atoms with van der Waals surface area (Å²) in [6.07, 6.45) is 0. The number of nitrogens with zero attached hydrogens (tertiary/aromatic N) is 3. The molecule has 0 unspecified atom stereocenters. The van der Waals surface area contributed by atoms with E-state index in [0.29, 0.717) is 16.6 Å². The predicted octanol–water partition coefficient (Wildman–Crippen LogP) is 3.92. The average molecular weight is 461 g/mol. The molecule has 0 spiro atoms. The number of carbonyl (C=O) groups is 1. The minimum atomic E-state index is -3.87. The lowest BCUT2D eigenvalue weighted by atomic mass is 9.98. The van der Waals surface area contributed by atoms with Crippen molar-refractivity contribution < 1.29 is 17.9 Å². The number of ether oxygens (including phenoxy) is 1. The Kier molecular flexibility index (Phi) is 6.33. The molecule has 1 N–H and O–H groups in total. The van der Waals surface area contributed by atoms with E-state index in [0.717, 1.165) is 9.31 Å². The molecule has 164 valence electrons. The molecule has 0 atom stereocenters. The van der Waals surface area contributed by atoms with E-state index in [-0.39, 0.29) is 15.9 Å². The number of benzene rings is 2. The maximum absolute atomic E-state index is 13.1. The van der Waals surface area contributed by atoms with E-state index < -0.39 is 15.9 Å². The number of sulfonamides is 1. The first kappa shape index (κ1) is 22.7. The number of hydrogen-bond donors (Lipinski definition) is 1. The molecule has 0 fully saturated rings. The lowest BCUT2D eigenvalue weighted by Gasteiger charge is -2.20. The van der Waals surface area contributed by atoms with E-state index in [1.165, 1.54) is 43.7 Å². The maximum atomic E-state index is 13.1. The van der Waals surface area contributed by atoms with Crippen molar-refractivity contribution in [3.63, 3.8) is 0 Å². The van der Waals surface area contributed by atoms with E-state index in [9.17, 15) is 13.2 Å². The van der Waals surface area contributed by atoms with E-state index in [1.54, 1.807) is 30.3 Å². The van der Waals surface area contributed by atoms with Gasteiger partial charge in [-0.05, 0) is 42.5 Å². The molecule has 0 saturated heterocycles. The summed E-state index contributed by atoms with van der Waals surface area (Å²) in [4.78, 5) is 12.7. The second-order valence-electron chi connectivity index (χ2n) is 7.81. The molecular formula is C21H24N4O4S2. The normalized spacial score (nSPS) is 11.8. The van der Waals surface area contributed by atoms with Crippen molar-refractivity contribution in [3.05, 3.63) is 59.1 Å². The third-order valence-corrected chi connectivity index (χ3v) is 7.52. The van der Waals surface area contributed by atoms with Gasteiger partial charge in [0.15, 0.2) is 0 Å². The van der Waals surface area contributed by atoms with Gasteiger partial charge in [-0.25, -0.2) is 8.42 Å². The monoisotopic (exact) mass is 460 g/mol. The van der Waals surface area contributed by atoms with Gasteiger partial charge in [-0.15, -0.1) is 10.2 Å². The van der Waals surface area contributed by atoms with Gasteiger partial charge in [0.05, 0.1) is 17.7 Å². The summed E-state index contributed by atoms with van der Waals surface area (Å²) in [5.41, 5.74) is 0.497. The molecule has 0 bridgehead atoms. The molecular weight excluding hydrogens is 436 g/mol. The highest BCUT2D eigenvalue weighted by Gasteiger charge is 2.24. The Hall–Kier alpha value is -2.98. The highest BCUT2D eigenvalue weighted by Crippen LogP contribution is 2.28. The minimum absolute atomic E-state index is 0.00566. The molecule has 0 aliphatic carbocycles. The van der Waals surface area contributed by atoms with Crippen LogP contribution in [0.2, 0.25) is 0 Å². The Morgan fingerprint density at radius 2 is 1.77 bits per heavy atom. The van der Waals surface area contributed by atoms with Gasteiger partial charge in [-0.2, -0.15) is 0 Å². The van der Waals surface area contributed by atoms with E-state index in [4.69, 9.17) is 4.74 Å². The molecule has 0 radical (unpaired) electrons. The molecule has 1 heterocycles. The molecule has 10 heteroatoms. The lowest BCUT2D eigenvalue weighted by molar-refractivity contribution is 0.102. The highest BCUT2D eigenvalue weighted by molar-refractivity contribution is 7.92. The standard InChI is InChI=1S/C21H24N4O4S2/c1-21(2,3)19-23-24-20(30-19)22-18(26)14-7-6-8-17(13-14)31(27,28)25(4)15-9-11-16(29-5)12-10-15/h6-13H,1-5H3,(H,22,24,26). The van der Waals surface area contributed by atoms with Crippen LogP contribution in [-0.4, -0.2) is 38.7 Å². The summed E-state index contributed by atoms with van der Waals surface area (Å²) < 4.78 is 32.4. The Labute approximate surface area is 185 Å². The van der Waals surface area contributed by atoms with Crippen LogP contribution in [0.25, 0.3) is 0 Å². The molecule has 3 aromatic rings. The molecule has 8 nitrogen and oxygen atoms in total. The summed E-state index contributed by atoms with van der Waals surface area (Å²) in [5, 5.41) is 11.9. The van der Waals surface area contributed by atoms with Crippen LogP contribution in [0, 0.1) is 0 Å². The Morgan fingerprint density at radius 3 is 2.35 bits per heavy atom. The second-order valence-corrected chi connectivity index (χ2v) is 10.8. The first-order valence-corrected chi connectivity index (χ1v) is 11.7. The number of anilines is 2. The molecule has 1 amide bonds. The third kappa shape index (κ3) is 5.02. The van der Waals surface area contributed by atoms with Crippen LogP contribution in [0.5, 0.6) is 5.75 Å². The number of methoxy groups -OCH3 is 1. The summed E-state index contributed by atoms with van der Waals surface area (Å²) in [5.74, 6) is 0.167. The molecule has 0 saturated carbocycles. The van der Waals surface area contributed by atoms with E-state index in [2.05, 4.69) is 15.5 Å². The third-order valence-electron chi connectivity index (χ3n) is 4.48. The largest absolute Gasteiger partial charge is 0.497 e. The van der Waals surface area contributed by atoms with Gasteiger partial charge in [0.2, 0.25) is 5.13 Å². The first-order valence-electron chi connectivity index (χ1n) is 9.41. The molecule has 2 aromatic carbocycles. The number of hydrogen-bond acceptors (Lipinski definition) is 7. The van der Waals surface area contributed by atoms with Crippen LogP contribution in [-0.2, 0) is 15.4 Å². The SMILES string of the molecule is COc1ccc(N(C)S(=O)(=O)c2cccc(C(=O)Nc3nnc(C(C)(C)C)s3)c2)cc1. The molecule has 3 rings (SSSR count). The van der Waals surface area contributed by atoms with Gasteiger partial charge >= 0.3 is 0 Å². The second kappa shape index (κ2) is 8.64. The van der Waals surface area contributed by atoms with E-state index >= 15 is 0 Å². The van der Waals surface area contributed by atoms with Crippen molar-refractivity contribution in [2.45, 2.75) is 31.1 Å². The number of aromatic nitrogens is 2. The van der Waals surface area contributed by atoms with Crippen molar-refractivity contribution >= 4 is 38.1 Å². The fourth-order valence-electron chi connectivity index (χ4n) is 2.63.